The molecule has 0 unspecified atom stereocenters. The average molecular weight is 142 g/mol. The zero-order valence-electron chi connectivity index (χ0n) is 6.26. The Morgan fingerprint density at radius 2 is 2.30 bits per heavy atom. The van der Waals surface area contributed by atoms with Crippen LogP contribution in [0.25, 0.3) is 0 Å². The summed E-state index contributed by atoms with van der Waals surface area (Å²) in [5, 5.41) is 3.85. The molecular weight excluding hydrogens is 131 g/mol. The van der Waals surface area contributed by atoms with E-state index in [2.05, 4.69) is 5.10 Å². The van der Waals surface area contributed by atoms with Crippen LogP contribution in [0.15, 0.2) is 6.20 Å². The zero-order chi connectivity index (χ0) is 7.56. The summed E-state index contributed by atoms with van der Waals surface area (Å²) in [7, 11) is 0. The molecule has 1 rings (SSSR count). The third-order valence-electron chi connectivity index (χ3n) is 1.52. The summed E-state index contributed by atoms with van der Waals surface area (Å²) >= 11 is 0. The Morgan fingerprint density at radius 3 is 2.60 bits per heavy atom. The van der Waals surface area contributed by atoms with Crippen molar-refractivity contribution in [2.75, 3.05) is 0 Å². The topological polar surface area (TPSA) is 17.8 Å². The number of halogens is 1. The van der Waals surface area contributed by atoms with Crippen LogP contribution in [0.4, 0.5) is 4.39 Å². The van der Waals surface area contributed by atoms with Crippen molar-refractivity contribution < 1.29 is 4.39 Å². The van der Waals surface area contributed by atoms with E-state index < -0.39 is 0 Å². The second kappa shape index (κ2) is 2.82. The van der Waals surface area contributed by atoms with Gasteiger partial charge in [0.05, 0.1) is 6.20 Å². The van der Waals surface area contributed by atoms with E-state index in [-0.39, 0.29) is 5.95 Å². The molecule has 0 amide bonds. The molecule has 0 aliphatic heterocycles. The van der Waals surface area contributed by atoms with Gasteiger partial charge in [-0.1, -0.05) is 6.92 Å². The van der Waals surface area contributed by atoms with Crippen molar-refractivity contribution in [1.29, 1.82) is 0 Å². The molecule has 56 valence electrons. The van der Waals surface area contributed by atoms with Crippen LogP contribution in [0.5, 0.6) is 0 Å². The van der Waals surface area contributed by atoms with Gasteiger partial charge in [-0.3, -0.25) is 0 Å². The zero-order valence-corrected chi connectivity index (χ0v) is 6.26. The first-order valence-electron chi connectivity index (χ1n) is 3.49. The number of nitrogens with zero attached hydrogens (tertiary/aromatic N) is 2. The fourth-order valence-corrected chi connectivity index (χ4v) is 0.867. The minimum Gasteiger partial charge on any atom is -0.240 e. The smallest absolute Gasteiger partial charge is 0.214 e. The molecule has 0 atom stereocenters. The summed E-state index contributed by atoms with van der Waals surface area (Å²) < 4.78 is 14.3. The monoisotopic (exact) mass is 142 g/mol. The molecule has 0 aromatic carbocycles. The molecule has 1 aromatic heterocycles. The maximum absolute atomic E-state index is 12.9. The Morgan fingerprint density at radius 1 is 1.60 bits per heavy atom. The fraction of sp³-hybridized carbons (Fsp3) is 0.571. The molecule has 0 bridgehead atoms. The van der Waals surface area contributed by atoms with Crippen LogP contribution in [0.2, 0.25) is 0 Å². The van der Waals surface area contributed by atoms with E-state index in [9.17, 15) is 4.39 Å². The largest absolute Gasteiger partial charge is 0.240 e. The highest BCUT2D eigenvalue weighted by Crippen LogP contribution is 2.05. The number of aryl methyl sites for hydroxylation is 2. The molecule has 0 aliphatic rings. The fourth-order valence-electron chi connectivity index (χ4n) is 0.867. The van der Waals surface area contributed by atoms with Crippen molar-refractivity contribution in [2.45, 2.75) is 26.8 Å². The van der Waals surface area contributed by atoms with Gasteiger partial charge in [0.25, 0.3) is 0 Å². The van der Waals surface area contributed by atoms with E-state index in [1.807, 2.05) is 13.8 Å². The predicted molar refractivity (Wildman–Crippen MR) is 37.2 cm³/mol. The highest BCUT2D eigenvalue weighted by atomic mass is 19.1. The molecule has 3 heteroatoms. The Hall–Kier alpha value is -0.860. The lowest BCUT2D eigenvalue weighted by Crippen LogP contribution is -2.00. The van der Waals surface area contributed by atoms with E-state index in [1.54, 1.807) is 6.20 Å². The molecule has 10 heavy (non-hydrogen) atoms. The van der Waals surface area contributed by atoms with Gasteiger partial charge in [0.1, 0.15) is 0 Å². The van der Waals surface area contributed by atoms with Crippen molar-refractivity contribution in [3.8, 4) is 0 Å². The number of hydrogen-bond donors (Lipinski definition) is 0. The van der Waals surface area contributed by atoms with Gasteiger partial charge in [0.15, 0.2) is 0 Å². The quantitative estimate of drug-likeness (QED) is 0.613. The third-order valence-corrected chi connectivity index (χ3v) is 1.52. The van der Waals surface area contributed by atoms with Crippen molar-refractivity contribution in [1.82, 2.24) is 9.78 Å². The van der Waals surface area contributed by atoms with Crippen molar-refractivity contribution in [3.05, 3.63) is 17.7 Å². The van der Waals surface area contributed by atoms with Gasteiger partial charge in [-0.05, 0) is 13.3 Å². The summed E-state index contributed by atoms with van der Waals surface area (Å²) in [4.78, 5) is 0. The number of rotatable bonds is 2. The Labute approximate surface area is 59.7 Å². The molecule has 2 nitrogen and oxygen atoms in total. The van der Waals surface area contributed by atoms with Crippen LogP contribution in [0.3, 0.4) is 0 Å². The summed E-state index contributed by atoms with van der Waals surface area (Å²) in [6.07, 6.45) is 2.30. The minimum absolute atomic E-state index is 0.190. The van der Waals surface area contributed by atoms with Crippen LogP contribution < -0.4 is 0 Å². The second-order valence-electron chi connectivity index (χ2n) is 2.13. The molecule has 0 spiro atoms. The van der Waals surface area contributed by atoms with Gasteiger partial charge in [-0.2, -0.15) is 9.49 Å². The molecule has 0 fully saturated rings. The van der Waals surface area contributed by atoms with Gasteiger partial charge >= 0.3 is 0 Å². The number of hydrogen-bond acceptors (Lipinski definition) is 1. The maximum atomic E-state index is 12.9. The van der Waals surface area contributed by atoms with Gasteiger partial charge in [0, 0.05) is 12.1 Å². The maximum Gasteiger partial charge on any atom is 0.214 e. The molecular formula is C7H11FN2. The summed E-state index contributed by atoms with van der Waals surface area (Å²) in [5.74, 6) is -0.190. The van der Waals surface area contributed by atoms with Crippen LogP contribution in [0, 0.1) is 5.95 Å². The van der Waals surface area contributed by atoms with Crippen molar-refractivity contribution in [2.24, 2.45) is 0 Å². The molecule has 1 heterocycles. The second-order valence-corrected chi connectivity index (χ2v) is 2.13. The SMILES string of the molecule is CCc1cnn(CC)c1F. The Kier molecular flexibility index (Phi) is 2.04. The normalized spacial score (nSPS) is 10.3. The standard InChI is InChI=1S/C7H11FN2/c1-3-6-5-9-10(4-2)7(6)8/h5H,3-4H2,1-2H3. The molecule has 1 aromatic rings. The lowest BCUT2D eigenvalue weighted by Gasteiger charge is -1.94. The van der Waals surface area contributed by atoms with Gasteiger partial charge in [-0.15, -0.1) is 0 Å². The van der Waals surface area contributed by atoms with Gasteiger partial charge < -0.3 is 0 Å². The Bertz CT molecular complexity index is 196. The van der Waals surface area contributed by atoms with Gasteiger partial charge in [-0.25, -0.2) is 4.68 Å². The molecule has 0 aliphatic carbocycles. The molecule has 0 saturated carbocycles. The van der Waals surface area contributed by atoms with E-state index >= 15 is 0 Å². The first kappa shape index (κ1) is 7.25. The van der Waals surface area contributed by atoms with Crippen LogP contribution in [-0.2, 0) is 13.0 Å². The highest BCUT2D eigenvalue weighted by Gasteiger charge is 2.05. The predicted octanol–water partition coefficient (Wildman–Crippen LogP) is 1.60. The van der Waals surface area contributed by atoms with E-state index in [0.717, 1.165) is 0 Å². The van der Waals surface area contributed by atoms with E-state index in [0.29, 0.717) is 18.5 Å². The first-order chi connectivity index (χ1) is 4.79. The van der Waals surface area contributed by atoms with Crippen LogP contribution in [0.1, 0.15) is 19.4 Å². The molecule has 0 N–H and O–H groups in total. The average Bonchev–Trinajstić information content (AvgIpc) is 2.30. The van der Waals surface area contributed by atoms with E-state index in [1.165, 1.54) is 4.68 Å². The summed E-state index contributed by atoms with van der Waals surface area (Å²) in [5.41, 5.74) is 0.696. The lowest BCUT2D eigenvalue weighted by molar-refractivity contribution is 0.465. The Balaban J connectivity index is 2.97. The summed E-state index contributed by atoms with van der Waals surface area (Å²) in [6, 6.07) is 0. The summed E-state index contributed by atoms with van der Waals surface area (Å²) in [6.45, 7) is 4.39. The molecule has 0 radical (unpaired) electrons. The van der Waals surface area contributed by atoms with E-state index in [4.69, 9.17) is 0 Å². The lowest BCUT2D eigenvalue weighted by atomic mass is 10.3. The highest BCUT2D eigenvalue weighted by molar-refractivity contribution is 5.05. The van der Waals surface area contributed by atoms with Crippen molar-refractivity contribution >= 4 is 0 Å². The van der Waals surface area contributed by atoms with Gasteiger partial charge in [0.2, 0.25) is 5.95 Å². The van der Waals surface area contributed by atoms with Crippen LogP contribution in [-0.4, -0.2) is 9.78 Å². The van der Waals surface area contributed by atoms with Crippen LogP contribution >= 0.6 is 0 Å². The number of aromatic nitrogens is 2. The minimum atomic E-state index is -0.190. The first-order valence-corrected chi connectivity index (χ1v) is 3.49. The van der Waals surface area contributed by atoms with Crippen molar-refractivity contribution in [3.63, 3.8) is 0 Å². The molecule has 0 saturated heterocycles. The third kappa shape index (κ3) is 1.03.